The molecule has 1 atom stereocenters. The van der Waals surface area contributed by atoms with Crippen molar-refractivity contribution in [3.63, 3.8) is 0 Å². The minimum atomic E-state index is 0.692. The molecular weight excluding hydrogens is 332 g/mol. The van der Waals surface area contributed by atoms with Gasteiger partial charge in [-0.1, -0.05) is 36.7 Å². The monoisotopic (exact) mass is 356 g/mol. The molecule has 0 bridgehead atoms. The van der Waals surface area contributed by atoms with Crippen molar-refractivity contribution in [3.05, 3.63) is 28.2 Å². The van der Waals surface area contributed by atoms with Gasteiger partial charge in [-0.25, -0.2) is 0 Å². The van der Waals surface area contributed by atoms with Crippen LogP contribution < -0.4 is 10.2 Å². The summed E-state index contributed by atoms with van der Waals surface area (Å²) in [4.78, 5) is 2.54. The van der Waals surface area contributed by atoms with Gasteiger partial charge in [-0.2, -0.15) is 11.8 Å². The topological polar surface area (TPSA) is 15.3 Å². The molecule has 1 saturated heterocycles. The summed E-state index contributed by atoms with van der Waals surface area (Å²) in [7, 11) is 0. The maximum atomic E-state index is 3.60. The minimum Gasteiger partial charge on any atom is -0.369 e. The molecule has 1 heterocycles. The van der Waals surface area contributed by atoms with E-state index in [1.807, 2.05) is 0 Å². The van der Waals surface area contributed by atoms with Crippen LogP contribution >= 0.6 is 27.7 Å². The van der Waals surface area contributed by atoms with Gasteiger partial charge in [0.05, 0.1) is 0 Å². The van der Waals surface area contributed by atoms with Gasteiger partial charge in [-0.15, -0.1) is 0 Å². The van der Waals surface area contributed by atoms with Crippen LogP contribution in [0.5, 0.6) is 0 Å². The number of hydrogen-bond donors (Lipinski definition) is 1. The van der Waals surface area contributed by atoms with E-state index < -0.39 is 0 Å². The number of hydrogen-bond acceptors (Lipinski definition) is 3. The number of halogens is 1. The second kappa shape index (κ2) is 7.71. The summed E-state index contributed by atoms with van der Waals surface area (Å²) in [6.45, 7) is 11.2. The summed E-state index contributed by atoms with van der Waals surface area (Å²) in [5, 5.41) is 4.29. The van der Waals surface area contributed by atoms with Gasteiger partial charge >= 0.3 is 0 Å². The van der Waals surface area contributed by atoms with Crippen LogP contribution in [-0.4, -0.2) is 30.6 Å². The first-order valence-electron chi connectivity index (χ1n) is 7.42. The van der Waals surface area contributed by atoms with Gasteiger partial charge in [-0.05, 0) is 36.2 Å². The highest BCUT2D eigenvalue weighted by Gasteiger charge is 2.19. The molecule has 0 aromatic heterocycles. The Labute approximate surface area is 135 Å². The molecule has 20 heavy (non-hydrogen) atoms. The fourth-order valence-corrected chi connectivity index (χ4v) is 3.96. The van der Waals surface area contributed by atoms with Gasteiger partial charge in [-0.3, -0.25) is 0 Å². The van der Waals surface area contributed by atoms with Crippen LogP contribution in [-0.2, 0) is 6.54 Å². The van der Waals surface area contributed by atoms with Crippen LogP contribution in [0.2, 0.25) is 0 Å². The average molecular weight is 357 g/mol. The summed E-state index contributed by atoms with van der Waals surface area (Å²) >= 11 is 5.68. The largest absolute Gasteiger partial charge is 0.369 e. The van der Waals surface area contributed by atoms with E-state index in [2.05, 4.69) is 76.9 Å². The molecule has 1 aliphatic rings. The molecule has 1 fully saturated rings. The van der Waals surface area contributed by atoms with E-state index in [1.54, 1.807) is 0 Å². The van der Waals surface area contributed by atoms with E-state index in [9.17, 15) is 0 Å². The van der Waals surface area contributed by atoms with Crippen LogP contribution in [0.3, 0.4) is 0 Å². The maximum absolute atomic E-state index is 3.60. The van der Waals surface area contributed by atoms with E-state index in [0.29, 0.717) is 5.92 Å². The van der Waals surface area contributed by atoms with Crippen molar-refractivity contribution in [1.82, 2.24) is 5.32 Å². The van der Waals surface area contributed by atoms with E-state index in [4.69, 9.17) is 0 Å². The molecule has 112 valence electrons. The second-order valence-electron chi connectivity index (χ2n) is 5.93. The van der Waals surface area contributed by atoms with Crippen molar-refractivity contribution in [2.24, 2.45) is 5.92 Å². The average Bonchev–Trinajstić information content (AvgIpc) is 2.38. The van der Waals surface area contributed by atoms with Crippen molar-refractivity contribution in [2.75, 3.05) is 30.3 Å². The van der Waals surface area contributed by atoms with Crippen molar-refractivity contribution < 1.29 is 0 Å². The zero-order valence-corrected chi connectivity index (χ0v) is 15.1. The number of rotatable bonds is 5. The summed E-state index contributed by atoms with van der Waals surface area (Å²) in [6, 6.07) is 6.68. The Morgan fingerprint density at radius 3 is 2.95 bits per heavy atom. The van der Waals surface area contributed by atoms with Crippen molar-refractivity contribution in [2.45, 2.75) is 32.6 Å². The third-order valence-corrected chi connectivity index (χ3v) is 5.12. The minimum absolute atomic E-state index is 0.692. The number of nitrogens with zero attached hydrogens (tertiary/aromatic N) is 1. The third-order valence-electron chi connectivity index (χ3n) is 3.49. The lowest BCUT2D eigenvalue weighted by Crippen LogP contribution is -2.37. The molecule has 1 aromatic rings. The van der Waals surface area contributed by atoms with Crippen molar-refractivity contribution in [1.29, 1.82) is 0 Å². The van der Waals surface area contributed by atoms with Crippen LogP contribution in [0.1, 0.15) is 26.3 Å². The highest BCUT2D eigenvalue weighted by Crippen LogP contribution is 2.29. The standard InChI is InChI=1S/C16H25BrN2S/c1-12(2)9-18-10-14-8-15(17)4-5-16(14)19-6-7-20-13(3)11-19/h4-5,8,12-13,18H,6-7,9-11H2,1-3H3. The lowest BCUT2D eigenvalue weighted by atomic mass is 10.1. The molecule has 0 aliphatic carbocycles. The molecule has 0 amide bonds. The lowest BCUT2D eigenvalue weighted by Gasteiger charge is -2.34. The molecule has 2 rings (SSSR count). The Morgan fingerprint density at radius 1 is 1.45 bits per heavy atom. The summed E-state index contributed by atoms with van der Waals surface area (Å²) in [5.41, 5.74) is 2.80. The highest BCUT2D eigenvalue weighted by atomic mass is 79.9. The Morgan fingerprint density at radius 2 is 2.25 bits per heavy atom. The van der Waals surface area contributed by atoms with Gasteiger partial charge < -0.3 is 10.2 Å². The van der Waals surface area contributed by atoms with Crippen LogP contribution in [0.4, 0.5) is 5.69 Å². The van der Waals surface area contributed by atoms with Crippen LogP contribution in [0.15, 0.2) is 22.7 Å². The molecule has 0 spiro atoms. The normalized spacial score (nSPS) is 19.6. The molecular formula is C16H25BrN2S. The van der Waals surface area contributed by atoms with Gasteiger partial charge in [0.25, 0.3) is 0 Å². The highest BCUT2D eigenvalue weighted by molar-refractivity contribution is 9.10. The molecule has 1 aromatic carbocycles. The van der Waals surface area contributed by atoms with E-state index >= 15 is 0 Å². The third kappa shape index (κ3) is 4.68. The molecule has 0 radical (unpaired) electrons. The number of thioether (sulfide) groups is 1. The quantitative estimate of drug-likeness (QED) is 0.853. The van der Waals surface area contributed by atoms with Crippen LogP contribution in [0.25, 0.3) is 0 Å². The van der Waals surface area contributed by atoms with Crippen molar-refractivity contribution >= 4 is 33.4 Å². The summed E-state index contributed by atoms with van der Waals surface area (Å²) in [6.07, 6.45) is 0. The molecule has 1 unspecified atom stereocenters. The van der Waals surface area contributed by atoms with Gasteiger partial charge in [0, 0.05) is 40.8 Å². The zero-order chi connectivity index (χ0) is 14.5. The number of anilines is 1. The van der Waals surface area contributed by atoms with E-state index in [-0.39, 0.29) is 0 Å². The predicted molar refractivity (Wildman–Crippen MR) is 94.8 cm³/mol. The second-order valence-corrected chi connectivity index (χ2v) is 8.39. The first kappa shape index (κ1) is 16.2. The Kier molecular flexibility index (Phi) is 6.24. The fourth-order valence-electron chi connectivity index (χ4n) is 2.54. The Balaban J connectivity index is 2.10. The van der Waals surface area contributed by atoms with Crippen LogP contribution in [0, 0.1) is 5.92 Å². The first-order chi connectivity index (χ1) is 9.56. The lowest BCUT2D eigenvalue weighted by molar-refractivity contribution is 0.552. The number of benzene rings is 1. The maximum Gasteiger partial charge on any atom is 0.0413 e. The zero-order valence-electron chi connectivity index (χ0n) is 12.7. The van der Waals surface area contributed by atoms with Gasteiger partial charge in [0.15, 0.2) is 0 Å². The number of nitrogens with one attached hydrogen (secondary N) is 1. The van der Waals surface area contributed by atoms with E-state index in [0.717, 1.165) is 31.4 Å². The Hall–Kier alpha value is -0.190. The SMILES string of the molecule is CC(C)CNCc1cc(Br)ccc1N1CCSC(C)C1. The Bertz CT molecular complexity index is 436. The fraction of sp³-hybridized carbons (Fsp3) is 0.625. The molecule has 2 nitrogen and oxygen atoms in total. The van der Waals surface area contributed by atoms with Gasteiger partial charge in [0.1, 0.15) is 0 Å². The smallest absolute Gasteiger partial charge is 0.0413 e. The predicted octanol–water partition coefficient (Wildman–Crippen LogP) is 4.14. The van der Waals surface area contributed by atoms with Crippen molar-refractivity contribution in [3.8, 4) is 0 Å². The molecule has 1 N–H and O–H groups in total. The molecule has 4 heteroatoms. The molecule has 0 saturated carbocycles. The first-order valence-corrected chi connectivity index (χ1v) is 9.26. The molecule has 1 aliphatic heterocycles. The van der Waals surface area contributed by atoms with E-state index in [1.165, 1.54) is 21.5 Å². The van der Waals surface area contributed by atoms with Gasteiger partial charge in [0.2, 0.25) is 0 Å². The summed E-state index contributed by atoms with van der Waals surface area (Å²) < 4.78 is 1.17. The summed E-state index contributed by atoms with van der Waals surface area (Å²) in [5.74, 6) is 1.92.